The van der Waals surface area contributed by atoms with Crippen LogP contribution in [0.1, 0.15) is 40.5 Å². The molecule has 1 aliphatic heterocycles. The molecule has 1 heterocycles. The Morgan fingerprint density at radius 3 is 1.79 bits per heavy atom. The van der Waals surface area contributed by atoms with Crippen molar-refractivity contribution >= 4 is 5.97 Å². The summed E-state index contributed by atoms with van der Waals surface area (Å²) in [6.45, 7) is 12.1. The third kappa shape index (κ3) is 4.18. The molecule has 0 unspecified atom stereocenters. The summed E-state index contributed by atoms with van der Waals surface area (Å²) in [7, 11) is 2.10. The number of likely N-dealkylation sites (N-methyl/N-ethyl adjacent to an activating group) is 1. The van der Waals surface area contributed by atoms with Gasteiger partial charge in [0.2, 0.25) is 0 Å². The van der Waals surface area contributed by atoms with Crippen molar-refractivity contribution in [1.82, 2.24) is 9.80 Å². The molecule has 0 atom stereocenters. The standard InChI is InChI=1S/C15H30N2O2/c1-12(2)10-15(14(18)19,11-13(3)4)17-8-6-16(5)7-9-17/h12-13H,6-11H2,1-5H3,(H,18,19). The summed E-state index contributed by atoms with van der Waals surface area (Å²) in [6.07, 6.45) is 1.48. The Balaban J connectivity index is 2.96. The summed E-state index contributed by atoms with van der Waals surface area (Å²) < 4.78 is 0. The average molecular weight is 270 g/mol. The summed E-state index contributed by atoms with van der Waals surface area (Å²) in [5.41, 5.74) is -0.677. The zero-order valence-corrected chi connectivity index (χ0v) is 13.1. The molecule has 0 spiro atoms. The van der Waals surface area contributed by atoms with Crippen molar-refractivity contribution in [2.45, 2.75) is 46.1 Å². The monoisotopic (exact) mass is 270 g/mol. The van der Waals surface area contributed by atoms with Gasteiger partial charge in [-0.2, -0.15) is 0 Å². The Kier molecular flexibility index (Phi) is 5.81. The fourth-order valence-corrected chi connectivity index (χ4v) is 3.24. The van der Waals surface area contributed by atoms with Gasteiger partial charge in [-0.05, 0) is 31.7 Å². The SMILES string of the molecule is CC(C)CC(CC(C)C)(C(=O)O)N1CCN(C)CC1. The van der Waals surface area contributed by atoms with Crippen LogP contribution in [0.4, 0.5) is 0 Å². The van der Waals surface area contributed by atoms with Crippen molar-refractivity contribution in [3.8, 4) is 0 Å². The lowest BCUT2D eigenvalue weighted by atomic mass is 9.80. The van der Waals surface area contributed by atoms with Crippen molar-refractivity contribution in [3.63, 3.8) is 0 Å². The first kappa shape index (κ1) is 16.4. The van der Waals surface area contributed by atoms with Gasteiger partial charge < -0.3 is 10.0 Å². The van der Waals surface area contributed by atoms with Crippen LogP contribution in [0.25, 0.3) is 0 Å². The Hall–Kier alpha value is -0.610. The summed E-state index contributed by atoms with van der Waals surface area (Å²) in [5, 5.41) is 9.88. The van der Waals surface area contributed by atoms with Gasteiger partial charge in [0, 0.05) is 26.2 Å². The zero-order valence-electron chi connectivity index (χ0n) is 13.1. The Labute approximate surface area is 117 Å². The van der Waals surface area contributed by atoms with Crippen LogP contribution in [0.3, 0.4) is 0 Å². The first-order valence-corrected chi connectivity index (χ1v) is 7.45. The highest BCUT2D eigenvalue weighted by atomic mass is 16.4. The maximum Gasteiger partial charge on any atom is 0.324 e. The van der Waals surface area contributed by atoms with Crippen molar-refractivity contribution in [3.05, 3.63) is 0 Å². The summed E-state index contributed by atoms with van der Waals surface area (Å²) >= 11 is 0. The number of carboxylic acids is 1. The molecule has 0 amide bonds. The number of carboxylic acid groups (broad SMARTS) is 1. The largest absolute Gasteiger partial charge is 0.480 e. The fraction of sp³-hybridized carbons (Fsp3) is 0.933. The topological polar surface area (TPSA) is 43.8 Å². The van der Waals surface area contributed by atoms with Crippen LogP contribution in [0, 0.1) is 11.8 Å². The lowest BCUT2D eigenvalue weighted by Crippen LogP contribution is -2.61. The predicted molar refractivity (Wildman–Crippen MR) is 78.3 cm³/mol. The molecule has 0 aromatic carbocycles. The van der Waals surface area contributed by atoms with E-state index in [9.17, 15) is 9.90 Å². The van der Waals surface area contributed by atoms with Crippen molar-refractivity contribution < 1.29 is 9.90 Å². The quantitative estimate of drug-likeness (QED) is 0.803. The van der Waals surface area contributed by atoms with Crippen LogP contribution in [0.5, 0.6) is 0 Å². The van der Waals surface area contributed by atoms with E-state index in [1.165, 1.54) is 0 Å². The predicted octanol–water partition coefficient (Wildman–Crippen LogP) is 2.15. The number of hydrogen-bond acceptors (Lipinski definition) is 3. The van der Waals surface area contributed by atoms with Gasteiger partial charge in [0.15, 0.2) is 0 Å². The molecule has 1 N–H and O–H groups in total. The molecule has 0 aromatic rings. The maximum atomic E-state index is 12.0. The molecule has 0 saturated carbocycles. The molecule has 4 nitrogen and oxygen atoms in total. The molecule has 0 bridgehead atoms. The first-order chi connectivity index (χ1) is 8.78. The van der Waals surface area contributed by atoms with Crippen LogP contribution in [0.2, 0.25) is 0 Å². The van der Waals surface area contributed by atoms with E-state index in [0.717, 1.165) is 39.0 Å². The molecular weight excluding hydrogens is 240 g/mol. The van der Waals surface area contributed by atoms with Gasteiger partial charge in [0.25, 0.3) is 0 Å². The van der Waals surface area contributed by atoms with Gasteiger partial charge in [-0.3, -0.25) is 9.69 Å². The van der Waals surface area contributed by atoms with E-state index in [4.69, 9.17) is 0 Å². The Bertz CT molecular complexity index is 285. The first-order valence-electron chi connectivity index (χ1n) is 7.45. The molecule has 0 aliphatic carbocycles. The van der Waals surface area contributed by atoms with Crippen molar-refractivity contribution in [2.24, 2.45) is 11.8 Å². The average Bonchev–Trinajstić information content (AvgIpc) is 2.27. The summed E-state index contributed by atoms with van der Waals surface area (Å²) in [5.74, 6) is 0.156. The fourth-order valence-electron chi connectivity index (χ4n) is 3.24. The normalized spacial score (nSPS) is 19.3. The Morgan fingerprint density at radius 1 is 1.05 bits per heavy atom. The lowest BCUT2D eigenvalue weighted by Gasteiger charge is -2.46. The number of nitrogens with zero attached hydrogens (tertiary/aromatic N) is 2. The van der Waals surface area contributed by atoms with E-state index in [1.807, 2.05) is 0 Å². The highest BCUT2D eigenvalue weighted by molar-refractivity contribution is 5.79. The molecule has 1 aliphatic rings. The smallest absolute Gasteiger partial charge is 0.324 e. The third-order valence-electron chi connectivity index (χ3n) is 4.00. The van der Waals surface area contributed by atoms with Crippen LogP contribution in [-0.4, -0.2) is 59.6 Å². The zero-order chi connectivity index (χ0) is 14.6. The second kappa shape index (κ2) is 6.71. The lowest BCUT2D eigenvalue weighted by molar-refractivity contribution is -0.156. The van der Waals surface area contributed by atoms with Crippen molar-refractivity contribution in [2.75, 3.05) is 33.2 Å². The second-order valence-corrected chi connectivity index (χ2v) is 6.82. The van der Waals surface area contributed by atoms with E-state index in [1.54, 1.807) is 0 Å². The molecule has 4 heteroatoms. The molecule has 1 rings (SSSR count). The van der Waals surface area contributed by atoms with E-state index >= 15 is 0 Å². The van der Waals surface area contributed by atoms with Gasteiger partial charge in [-0.25, -0.2) is 0 Å². The molecule has 112 valence electrons. The minimum atomic E-state index is -0.677. The summed E-state index contributed by atoms with van der Waals surface area (Å²) in [6, 6.07) is 0. The minimum Gasteiger partial charge on any atom is -0.480 e. The van der Waals surface area contributed by atoms with E-state index in [2.05, 4.69) is 44.5 Å². The highest BCUT2D eigenvalue weighted by Gasteiger charge is 2.45. The van der Waals surface area contributed by atoms with Gasteiger partial charge in [0.1, 0.15) is 5.54 Å². The maximum absolute atomic E-state index is 12.0. The molecule has 19 heavy (non-hydrogen) atoms. The van der Waals surface area contributed by atoms with E-state index in [-0.39, 0.29) is 0 Å². The molecule has 0 radical (unpaired) electrons. The van der Waals surface area contributed by atoms with Gasteiger partial charge >= 0.3 is 5.97 Å². The number of hydrogen-bond donors (Lipinski definition) is 1. The summed E-state index contributed by atoms with van der Waals surface area (Å²) in [4.78, 5) is 16.5. The third-order valence-corrected chi connectivity index (χ3v) is 4.00. The number of aliphatic carboxylic acids is 1. The number of rotatable bonds is 6. The van der Waals surface area contributed by atoms with E-state index < -0.39 is 11.5 Å². The molecule has 1 saturated heterocycles. The van der Waals surface area contributed by atoms with E-state index in [0.29, 0.717) is 11.8 Å². The van der Waals surface area contributed by atoms with Crippen LogP contribution in [-0.2, 0) is 4.79 Å². The second-order valence-electron chi connectivity index (χ2n) is 6.82. The molecule has 1 fully saturated rings. The van der Waals surface area contributed by atoms with Gasteiger partial charge in [-0.1, -0.05) is 27.7 Å². The van der Waals surface area contributed by atoms with Gasteiger partial charge in [0.05, 0.1) is 0 Å². The Morgan fingerprint density at radius 2 is 1.47 bits per heavy atom. The van der Waals surface area contributed by atoms with Crippen LogP contribution >= 0.6 is 0 Å². The minimum absolute atomic E-state index is 0.398. The molecular formula is C15H30N2O2. The van der Waals surface area contributed by atoms with Crippen LogP contribution in [0.15, 0.2) is 0 Å². The van der Waals surface area contributed by atoms with Crippen molar-refractivity contribution in [1.29, 1.82) is 0 Å². The highest BCUT2D eigenvalue weighted by Crippen LogP contribution is 2.32. The number of piperazine rings is 1. The van der Waals surface area contributed by atoms with Crippen LogP contribution < -0.4 is 0 Å². The molecule has 0 aromatic heterocycles. The number of carbonyl (C=O) groups is 1. The van der Waals surface area contributed by atoms with Gasteiger partial charge in [-0.15, -0.1) is 0 Å².